The highest BCUT2D eigenvalue weighted by atomic mass is 35.5. The number of aromatic nitrogens is 2. The van der Waals surface area contributed by atoms with Crippen molar-refractivity contribution in [3.05, 3.63) is 46.2 Å². The Labute approximate surface area is 129 Å². The van der Waals surface area contributed by atoms with E-state index in [2.05, 4.69) is 12.0 Å². The maximum atomic E-state index is 10.3. The zero-order valence-electron chi connectivity index (χ0n) is 11.9. The van der Waals surface area contributed by atoms with Gasteiger partial charge in [0.2, 0.25) is 0 Å². The number of aryl methyl sites for hydroxylation is 2. The summed E-state index contributed by atoms with van der Waals surface area (Å²) in [5.74, 6) is 1.05. The summed E-state index contributed by atoms with van der Waals surface area (Å²) in [6.45, 7) is 4.00. The maximum absolute atomic E-state index is 10.3. The molecule has 0 aliphatic rings. The summed E-state index contributed by atoms with van der Waals surface area (Å²) in [7, 11) is 1.85. The van der Waals surface area contributed by atoms with Gasteiger partial charge >= 0.3 is 0 Å². The molecule has 1 aromatic heterocycles. The number of rotatable bonds is 5. The van der Waals surface area contributed by atoms with Crippen LogP contribution in [0.25, 0.3) is 0 Å². The minimum atomic E-state index is -0.567. The molecule has 1 N–H and O–H groups in total. The Bertz CT molecular complexity index is 580. The fourth-order valence-electron chi connectivity index (χ4n) is 2.16. The fourth-order valence-corrected chi connectivity index (χ4v) is 3.05. The molecule has 20 heavy (non-hydrogen) atoms. The zero-order valence-corrected chi connectivity index (χ0v) is 13.5. The second-order valence-electron chi connectivity index (χ2n) is 4.69. The van der Waals surface area contributed by atoms with E-state index in [1.165, 1.54) is 4.90 Å². The molecule has 1 heterocycles. The van der Waals surface area contributed by atoms with Gasteiger partial charge in [-0.25, -0.2) is 0 Å². The summed E-state index contributed by atoms with van der Waals surface area (Å²) < 4.78 is 1.74. The Morgan fingerprint density at radius 1 is 1.35 bits per heavy atom. The van der Waals surface area contributed by atoms with Crippen molar-refractivity contribution in [3.63, 3.8) is 0 Å². The standard InChI is InChI=1S/C15H19ClN2OS/c1-4-20-12-7-5-11(6-8-12)14(19)9-13-15(16)10(2)17-18(13)3/h5-8,14,19H,4,9H2,1-3H3. The van der Waals surface area contributed by atoms with E-state index >= 15 is 0 Å². The molecule has 1 atom stereocenters. The van der Waals surface area contributed by atoms with Crippen LogP contribution >= 0.6 is 23.4 Å². The first-order valence-electron chi connectivity index (χ1n) is 6.61. The summed E-state index contributed by atoms with van der Waals surface area (Å²) in [5.41, 5.74) is 2.56. The van der Waals surface area contributed by atoms with Crippen LogP contribution in [0, 0.1) is 6.92 Å². The number of benzene rings is 1. The van der Waals surface area contributed by atoms with Crippen molar-refractivity contribution in [2.75, 3.05) is 5.75 Å². The van der Waals surface area contributed by atoms with Gasteiger partial charge < -0.3 is 5.11 Å². The molecule has 0 aliphatic carbocycles. The molecule has 0 aliphatic heterocycles. The van der Waals surface area contributed by atoms with Crippen molar-refractivity contribution in [2.24, 2.45) is 7.05 Å². The van der Waals surface area contributed by atoms with E-state index in [0.717, 1.165) is 22.7 Å². The van der Waals surface area contributed by atoms with Gasteiger partial charge in [-0.1, -0.05) is 30.7 Å². The molecular formula is C15H19ClN2OS. The summed E-state index contributed by atoms with van der Waals surface area (Å²) >= 11 is 8.01. The molecular weight excluding hydrogens is 292 g/mol. The number of aliphatic hydroxyl groups is 1. The normalized spacial score (nSPS) is 12.7. The fraction of sp³-hybridized carbons (Fsp3) is 0.400. The highest BCUT2D eigenvalue weighted by Crippen LogP contribution is 2.27. The van der Waals surface area contributed by atoms with Gasteiger partial charge in [0.15, 0.2) is 0 Å². The monoisotopic (exact) mass is 310 g/mol. The number of aliphatic hydroxyl groups excluding tert-OH is 1. The molecule has 3 nitrogen and oxygen atoms in total. The quantitative estimate of drug-likeness (QED) is 0.854. The average molecular weight is 311 g/mol. The highest BCUT2D eigenvalue weighted by molar-refractivity contribution is 7.99. The predicted molar refractivity (Wildman–Crippen MR) is 84.5 cm³/mol. The lowest BCUT2D eigenvalue weighted by Crippen LogP contribution is -2.06. The molecule has 5 heteroatoms. The van der Waals surface area contributed by atoms with E-state index in [-0.39, 0.29) is 0 Å². The Balaban J connectivity index is 2.13. The van der Waals surface area contributed by atoms with Crippen LogP contribution in [0.2, 0.25) is 5.02 Å². The van der Waals surface area contributed by atoms with Crippen LogP contribution in [0.4, 0.5) is 0 Å². The first kappa shape index (κ1) is 15.4. The summed E-state index contributed by atoms with van der Waals surface area (Å²) in [4.78, 5) is 1.22. The summed E-state index contributed by atoms with van der Waals surface area (Å²) in [6, 6.07) is 8.03. The third-order valence-corrected chi connectivity index (χ3v) is 4.61. The summed E-state index contributed by atoms with van der Waals surface area (Å²) in [5, 5.41) is 15.3. The number of thioether (sulfide) groups is 1. The van der Waals surface area contributed by atoms with Crippen molar-refractivity contribution < 1.29 is 5.11 Å². The van der Waals surface area contributed by atoms with Gasteiger partial charge in [0.1, 0.15) is 0 Å². The Hall–Kier alpha value is -0.970. The molecule has 1 aromatic carbocycles. The summed E-state index contributed by atoms with van der Waals surface area (Å²) in [6.07, 6.45) is -0.0980. The van der Waals surface area contributed by atoms with Gasteiger partial charge in [-0.15, -0.1) is 11.8 Å². The van der Waals surface area contributed by atoms with Gasteiger partial charge in [-0.2, -0.15) is 5.10 Å². The number of hydrogen-bond donors (Lipinski definition) is 1. The molecule has 1 unspecified atom stereocenters. The van der Waals surface area contributed by atoms with E-state index in [0.29, 0.717) is 11.4 Å². The van der Waals surface area contributed by atoms with Crippen molar-refractivity contribution in [2.45, 2.75) is 31.3 Å². The van der Waals surface area contributed by atoms with E-state index in [9.17, 15) is 5.11 Å². The van der Waals surface area contributed by atoms with Crippen LogP contribution < -0.4 is 0 Å². The molecule has 2 aromatic rings. The highest BCUT2D eigenvalue weighted by Gasteiger charge is 2.16. The first-order valence-corrected chi connectivity index (χ1v) is 7.98. The number of halogens is 1. The van der Waals surface area contributed by atoms with E-state index in [1.54, 1.807) is 16.4 Å². The largest absolute Gasteiger partial charge is 0.388 e. The minimum Gasteiger partial charge on any atom is -0.388 e. The van der Waals surface area contributed by atoms with Crippen LogP contribution in [0.15, 0.2) is 29.2 Å². The van der Waals surface area contributed by atoms with Crippen molar-refractivity contribution in [1.82, 2.24) is 9.78 Å². The lowest BCUT2D eigenvalue weighted by Gasteiger charge is -2.12. The molecule has 0 saturated heterocycles. The topological polar surface area (TPSA) is 38.1 Å². The molecule has 0 fully saturated rings. The van der Waals surface area contributed by atoms with E-state index in [1.807, 2.05) is 38.2 Å². The van der Waals surface area contributed by atoms with Crippen LogP contribution in [0.5, 0.6) is 0 Å². The van der Waals surface area contributed by atoms with Crippen LogP contribution in [0.3, 0.4) is 0 Å². The number of hydrogen-bond acceptors (Lipinski definition) is 3. The van der Waals surface area contributed by atoms with Crippen LogP contribution in [0.1, 0.15) is 30.0 Å². The Kier molecular flexibility index (Phi) is 5.13. The van der Waals surface area contributed by atoms with Gasteiger partial charge in [0.05, 0.1) is 22.5 Å². The van der Waals surface area contributed by atoms with Gasteiger partial charge in [-0.3, -0.25) is 4.68 Å². The average Bonchev–Trinajstić information content (AvgIpc) is 2.66. The van der Waals surface area contributed by atoms with Gasteiger partial charge in [-0.05, 0) is 30.4 Å². The van der Waals surface area contributed by atoms with Gasteiger partial charge in [0, 0.05) is 18.4 Å². The van der Waals surface area contributed by atoms with Crippen molar-refractivity contribution in [1.29, 1.82) is 0 Å². The Morgan fingerprint density at radius 2 is 2.00 bits per heavy atom. The minimum absolute atomic E-state index is 0.469. The Morgan fingerprint density at radius 3 is 2.50 bits per heavy atom. The SMILES string of the molecule is CCSc1ccc(C(O)Cc2c(Cl)c(C)nn2C)cc1. The lowest BCUT2D eigenvalue weighted by molar-refractivity contribution is 0.176. The number of nitrogens with zero attached hydrogens (tertiary/aromatic N) is 2. The molecule has 0 amide bonds. The van der Waals surface area contributed by atoms with E-state index < -0.39 is 6.10 Å². The zero-order chi connectivity index (χ0) is 14.7. The smallest absolute Gasteiger partial charge is 0.0848 e. The third kappa shape index (κ3) is 3.37. The third-order valence-electron chi connectivity index (χ3n) is 3.22. The maximum Gasteiger partial charge on any atom is 0.0848 e. The molecule has 0 bridgehead atoms. The molecule has 108 valence electrons. The lowest BCUT2D eigenvalue weighted by atomic mass is 10.0. The van der Waals surface area contributed by atoms with E-state index in [4.69, 9.17) is 11.6 Å². The predicted octanol–water partition coefficient (Wildman–Crippen LogP) is 3.77. The first-order chi connectivity index (χ1) is 9.52. The van der Waals surface area contributed by atoms with Crippen LogP contribution in [-0.4, -0.2) is 20.6 Å². The van der Waals surface area contributed by atoms with Crippen molar-refractivity contribution in [3.8, 4) is 0 Å². The second-order valence-corrected chi connectivity index (χ2v) is 6.41. The molecule has 2 rings (SSSR count). The second kappa shape index (κ2) is 6.66. The van der Waals surface area contributed by atoms with Gasteiger partial charge in [0.25, 0.3) is 0 Å². The van der Waals surface area contributed by atoms with Crippen LogP contribution in [-0.2, 0) is 13.5 Å². The molecule has 0 saturated carbocycles. The molecule has 0 spiro atoms. The van der Waals surface area contributed by atoms with Crippen molar-refractivity contribution >= 4 is 23.4 Å². The molecule has 0 radical (unpaired) electrons.